The van der Waals surface area contributed by atoms with E-state index in [1.54, 1.807) is 43.6 Å². The van der Waals surface area contributed by atoms with Gasteiger partial charge in [0.1, 0.15) is 12.4 Å². The molecule has 92 valence electrons. The monoisotopic (exact) mass is 244 g/mol. The number of hydrogen-bond donors (Lipinski definition) is 1. The molecule has 0 spiro atoms. The zero-order chi connectivity index (χ0) is 13.0. The average Bonchev–Trinajstić information content (AvgIpc) is 2.38. The smallest absolute Gasteiger partial charge is 0.336 e. The summed E-state index contributed by atoms with van der Waals surface area (Å²) in [6.45, 7) is 1.93. The standard InChI is InChI=1S/C13H12N2O3/c1-9-10(13(16)17)4-2-5-11(9)18-8-12-14-6-3-7-15-12/h2-7H,8H2,1H3,(H,16,17). The maximum atomic E-state index is 11.0. The summed E-state index contributed by atoms with van der Waals surface area (Å²) in [5, 5.41) is 9.00. The summed E-state index contributed by atoms with van der Waals surface area (Å²) < 4.78 is 5.53. The Morgan fingerprint density at radius 1 is 1.28 bits per heavy atom. The summed E-state index contributed by atoms with van der Waals surface area (Å²) in [6, 6.07) is 6.64. The van der Waals surface area contributed by atoms with E-state index in [1.165, 1.54) is 0 Å². The van der Waals surface area contributed by atoms with Crippen LogP contribution in [0.15, 0.2) is 36.7 Å². The summed E-state index contributed by atoms with van der Waals surface area (Å²) >= 11 is 0. The van der Waals surface area contributed by atoms with Crippen molar-refractivity contribution in [1.29, 1.82) is 0 Å². The van der Waals surface area contributed by atoms with Crippen LogP contribution < -0.4 is 4.74 Å². The molecular weight excluding hydrogens is 232 g/mol. The van der Waals surface area contributed by atoms with Crippen LogP contribution in [0.1, 0.15) is 21.7 Å². The van der Waals surface area contributed by atoms with Gasteiger partial charge in [-0.2, -0.15) is 0 Å². The highest BCUT2D eigenvalue weighted by molar-refractivity contribution is 5.90. The van der Waals surface area contributed by atoms with E-state index in [2.05, 4.69) is 9.97 Å². The van der Waals surface area contributed by atoms with Gasteiger partial charge in [-0.1, -0.05) is 6.07 Å². The molecule has 0 saturated carbocycles. The van der Waals surface area contributed by atoms with Crippen molar-refractivity contribution in [2.45, 2.75) is 13.5 Å². The number of carbonyl (C=O) groups is 1. The lowest BCUT2D eigenvalue weighted by Gasteiger charge is -2.09. The van der Waals surface area contributed by atoms with Crippen LogP contribution in [0.4, 0.5) is 0 Å². The fourth-order valence-electron chi connectivity index (χ4n) is 1.55. The molecule has 1 heterocycles. The topological polar surface area (TPSA) is 72.3 Å². The fourth-order valence-corrected chi connectivity index (χ4v) is 1.55. The SMILES string of the molecule is Cc1c(OCc2ncccn2)cccc1C(=O)O. The van der Waals surface area contributed by atoms with E-state index in [0.717, 1.165) is 0 Å². The average molecular weight is 244 g/mol. The Morgan fingerprint density at radius 2 is 2.00 bits per heavy atom. The van der Waals surface area contributed by atoms with Crippen molar-refractivity contribution in [3.63, 3.8) is 0 Å². The molecule has 0 bridgehead atoms. The van der Waals surface area contributed by atoms with E-state index >= 15 is 0 Å². The molecule has 1 aromatic heterocycles. The maximum Gasteiger partial charge on any atom is 0.336 e. The van der Waals surface area contributed by atoms with Gasteiger partial charge in [0.25, 0.3) is 0 Å². The second-order valence-corrected chi connectivity index (χ2v) is 3.69. The molecule has 0 saturated heterocycles. The molecule has 1 N–H and O–H groups in total. The van der Waals surface area contributed by atoms with E-state index in [4.69, 9.17) is 9.84 Å². The highest BCUT2D eigenvalue weighted by atomic mass is 16.5. The Balaban J connectivity index is 2.15. The molecule has 0 radical (unpaired) electrons. The zero-order valence-electron chi connectivity index (χ0n) is 9.83. The molecule has 2 rings (SSSR count). The molecule has 0 aliphatic rings. The van der Waals surface area contributed by atoms with Crippen molar-refractivity contribution in [2.75, 3.05) is 0 Å². The minimum atomic E-state index is -0.964. The normalized spacial score (nSPS) is 10.1. The molecule has 0 fully saturated rings. The molecule has 0 aliphatic carbocycles. The van der Waals surface area contributed by atoms with Crippen molar-refractivity contribution >= 4 is 5.97 Å². The number of carboxylic acids is 1. The summed E-state index contributed by atoms with van der Waals surface area (Å²) in [6.07, 6.45) is 3.26. The Kier molecular flexibility index (Phi) is 3.52. The molecule has 2 aromatic rings. The van der Waals surface area contributed by atoms with Gasteiger partial charge >= 0.3 is 5.97 Å². The Bertz CT molecular complexity index is 555. The first kappa shape index (κ1) is 12.0. The number of benzene rings is 1. The minimum absolute atomic E-state index is 0.213. The van der Waals surface area contributed by atoms with E-state index in [1.807, 2.05) is 0 Å². The lowest BCUT2D eigenvalue weighted by atomic mass is 10.1. The fraction of sp³-hybridized carbons (Fsp3) is 0.154. The number of nitrogens with zero attached hydrogens (tertiary/aromatic N) is 2. The second kappa shape index (κ2) is 5.27. The van der Waals surface area contributed by atoms with Gasteiger partial charge < -0.3 is 9.84 Å². The molecule has 0 aliphatic heterocycles. The van der Waals surface area contributed by atoms with Gasteiger partial charge in [0.05, 0.1) is 5.56 Å². The van der Waals surface area contributed by atoms with Gasteiger partial charge in [-0.3, -0.25) is 0 Å². The highest BCUT2D eigenvalue weighted by Crippen LogP contribution is 2.21. The minimum Gasteiger partial charge on any atom is -0.485 e. The van der Waals surface area contributed by atoms with Crippen LogP contribution in [0, 0.1) is 6.92 Å². The zero-order valence-corrected chi connectivity index (χ0v) is 9.83. The lowest BCUT2D eigenvalue weighted by molar-refractivity contribution is 0.0695. The molecule has 0 amide bonds. The predicted octanol–water partition coefficient (Wildman–Crippen LogP) is 2.06. The highest BCUT2D eigenvalue weighted by Gasteiger charge is 2.11. The summed E-state index contributed by atoms with van der Waals surface area (Å²) in [4.78, 5) is 19.0. The quantitative estimate of drug-likeness (QED) is 0.891. The first-order chi connectivity index (χ1) is 8.68. The van der Waals surface area contributed by atoms with E-state index in [-0.39, 0.29) is 12.2 Å². The van der Waals surface area contributed by atoms with Gasteiger partial charge in [0.15, 0.2) is 5.82 Å². The molecular formula is C13H12N2O3. The lowest BCUT2D eigenvalue weighted by Crippen LogP contribution is -2.05. The van der Waals surface area contributed by atoms with Crippen LogP contribution in [0.25, 0.3) is 0 Å². The van der Waals surface area contributed by atoms with Gasteiger partial charge in [-0.05, 0) is 25.1 Å². The van der Waals surface area contributed by atoms with E-state index in [9.17, 15) is 4.79 Å². The van der Waals surface area contributed by atoms with Crippen LogP contribution >= 0.6 is 0 Å². The van der Waals surface area contributed by atoms with Gasteiger partial charge in [0.2, 0.25) is 0 Å². The van der Waals surface area contributed by atoms with Crippen LogP contribution in [0.2, 0.25) is 0 Å². The van der Waals surface area contributed by atoms with Gasteiger partial charge in [-0.25, -0.2) is 14.8 Å². The predicted molar refractivity (Wildman–Crippen MR) is 64.5 cm³/mol. The number of aromatic nitrogens is 2. The first-order valence-electron chi connectivity index (χ1n) is 5.40. The number of ether oxygens (including phenoxy) is 1. The second-order valence-electron chi connectivity index (χ2n) is 3.69. The Morgan fingerprint density at radius 3 is 2.67 bits per heavy atom. The van der Waals surface area contributed by atoms with Crippen molar-refractivity contribution in [3.05, 3.63) is 53.6 Å². The van der Waals surface area contributed by atoms with Crippen LogP contribution in [0.3, 0.4) is 0 Å². The van der Waals surface area contributed by atoms with E-state index < -0.39 is 5.97 Å². The summed E-state index contributed by atoms with van der Waals surface area (Å²) in [5.41, 5.74) is 0.836. The molecule has 0 atom stereocenters. The number of carboxylic acid groups (broad SMARTS) is 1. The molecule has 1 aromatic carbocycles. The number of rotatable bonds is 4. The molecule has 5 heteroatoms. The first-order valence-corrected chi connectivity index (χ1v) is 5.40. The van der Waals surface area contributed by atoms with Crippen LogP contribution in [0.5, 0.6) is 5.75 Å². The number of hydrogen-bond acceptors (Lipinski definition) is 4. The maximum absolute atomic E-state index is 11.0. The molecule has 5 nitrogen and oxygen atoms in total. The van der Waals surface area contributed by atoms with Crippen molar-refractivity contribution in [2.24, 2.45) is 0 Å². The van der Waals surface area contributed by atoms with Gasteiger partial charge in [0, 0.05) is 18.0 Å². The van der Waals surface area contributed by atoms with E-state index in [0.29, 0.717) is 17.1 Å². The third-order valence-electron chi connectivity index (χ3n) is 2.49. The van der Waals surface area contributed by atoms with Gasteiger partial charge in [-0.15, -0.1) is 0 Å². The largest absolute Gasteiger partial charge is 0.485 e. The van der Waals surface area contributed by atoms with Crippen molar-refractivity contribution < 1.29 is 14.6 Å². The summed E-state index contributed by atoms with van der Waals surface area (Å²) in [5.74, 6) is 0.119. The number of aromatic carboxylic acids is 1. The van der Waals surface area contributed by atoms with Crippen molar-refractivity contribution in [1.82, 2.24) is 9.97 Å². The third-order valence-corrected chi connectivity index (χ3v) is 2.49. The Labute approximate surface area is 104 Å². The summed E-state index contributed by atoms with van der Waals surface area (Å²) in [7, 11) is 0. The van der Waals surface area contributed by atoms with Crippen LogP contribution in [-0.4, -0.2) is 21.0 Å². The third kappa shape index (κ3) is 2.63. The molecule has 0 unspecified atom stereocenters. The Hall–Kier alpha value is -2.43. The van der Waals surface area contributed by atoms with Crippen molar-refractivity contribution in [3.8, 4) is 5.75 Å². The molecule has 18 heavy (non-hydrogen) atoms. The van der Waals surface area contributed by atoms with Crippen LogP contribution in [-0.2, 0) is 6.61 Å².